The molecule has 2 aromatic rings. The highest BCUT2D eigenvalue weighted by molar-refractivity contribution is 7.89. The molecule has 1 amide bonds. The van der Waals surface area contributed by atoms with Crippen molar-refractivity contribution in [3.63, 3.8) is 0 Å². The van der Waals surface area contributed by atoms with Crippen molar-refractivity contribution in [2.24, 2.45) is 5.14 Å². The lowest BCUT2D eigenvalue weighted by Gasteiger charge is -2.20. The summed E-state index contributed by atoms with van der Waals surface area (Å²) in [5, 5.41) is 5.14. The maximum atomic E-state index is 12.8. The minimum absolute atomic E-state index is 0.117. The molecule has 2 rings (SSSR count). The molecule has 0 spiro atoms. The smallest absolute Gasteiger partial charge is 0.257 e. The Kier molecular flexibility index (Phi) is 5.66. The van der Waals surface area contributed by atoms with Crippen LogP contribution in [0.5, 0.6) is 11.5 Å². The Morgan fingerprint density at radius 3 is 2.32 bits per heavy atom. The van der Waals surface area contributed by atoms with E-state index in [1.165, 1.54) is 30.2 Å². The number of hydrogen-bond donors (Lipinski definition) is 1. The van der Waals surface area contributed by atoms with E-state index in [1.54, 1.807) is 20.2 Å². The van der Waals surface area contributed by atoms with Crippen molar-refractivity contribution < 1.29 is 22.7 Å². The Bertz CT molecular complexity index is 880. The van der Waals surface area contributed by atoms with Crippen LogP contribution in [-0.4, -0.2) is 40.5 Å². The van der Waals surface area contributed by atoms with Crippen LogP contribution in [0.2, 0.25) is 0 Å². The third-order valence-electron chi connectivity index (χ3n) is 3.68. The number of primary sulfonamides is 1. The first kappa shape index (κ1) is 18.8. The molecule has 0 saturated heterocycles. The summed E-state index contributed by atoms with van der Waals surface area (Å²) in [5.74, 6) is 0.532. The number of carbonyl (C=O) groups is 1. The van der Waals surface area contributed by atoms with E-state index >= 15 is 0 Å². The molecule has 2 aromatic carbocycles. The summed E-state index contributed by atoms with van der Waals surface area (Å²) < 4.78 is 33.5. The molecule has 0 atom stereocenters. The maximum absolute atomic E-state index is 12.8. The number of benzene rings is 2. The van der Waals surface area contributed by atoms with Crippen molar-refractivity contribution >= 4 is 15.9 Å². The van der Waals surface area contributed by atoms with Gasteiger partial charge in [-0.3, -0.25) is 4.79 Å². The Hall–Kier alpha value is -2.58. The lowest BCUT2D eigenvalue weighted by Crippen LogP contribution is -2.27. The molecule has 0 heterocycles. The van der Waals surface area contributed by atoms with Crippen LogP contribution >= 0.6 is 0 Å². The van der Waals surface area contributed by atoms with Crippen LogP contribution in [0.25, 0.3) is 0 Å². The van der Waals surface area contributed by atoms with E-state index in [0.29, 0.717) is 5.75 Å². The molecule has 0 aliphatic rings. The van der Waals surface area contributed by atoms with Gasteiger partial charge in [-0.1, -0.05) is 18.2 Å². The molecular formula is C17H20N2O5S. The van der Waals surface area contributed by atoms with Crippen molar-refractivity contribution in [2.45, 2.75) is 11.4 Å². The third kappa shape index (κ3) is 4.28. The van der Waals surface area contributed by atoms with E-state index in [0.717, 1.165) is 5.56 Å². The molecule has 0 unspecified atom stereocenters. The molecule has 7 nitrogen and oxygen atoms in total. The molecule has 0 aromatic heterocycles. The van der Waals surface area contributed by atoms with E-state index in [4.69, 9.17) is 14.6 Å². The van der Waals surface area contributed by atoms with Gasteiger partial charge in [-0.15, -0.1) is 0 Å². The second kappa shape index (κ2) is 7.54. The van der Waals surface area contributed by atoms with Crippen LogP contribution in [0.4, 0.5) is 0 Å². The average molecular weight is 364 g/mol. The summed E-state index contributed by atoms with van der Waals surface area (Å²) in [6.07, 6.45) is 0. The lowest BCUT2D eigenvalue weighted by molar-refractivity contribution is 0.0780. The summed E-state index contributed by atoms with van der Waals surface area (Å²) in [7, 11) is 0.644. The molecule has 0 fully saturated rings. The molecule has 134 valence electrons. The number of sulfonamides is 1. The number of hydrogen-bond acceptors (Lipinski definition) is 5. The Morgan fingerprint density at radius 2 is 1.72 bits per heavy atom. The van der Waals surface area contributed by atoms with Gasteiger partial charge in [0.15, 0.2) is 0 Å². The monoisotopic (exact) mass is 364 g/mol. The summed E-state index contributed by atoms with van der Waals surface area (Å²) in [6, 6.07) is 11.3. The van der Waals surface area contributed by atoms with Crippen LogP contribution in [0.15, 0.2) is 47.4 Å². The fraction of sp³-hybridized carbons (Fsp3) is 0.235. The van der Waals surface area contributed by atoms with Crippen LogP contribution < -0.4 is 14.6 Å². The second-order valence-electron chi connectivity index (χ2n) is 5.38. The number of amides is 1. The van der Waals surface area contributed by atoms with Gasteiger partial charge in [0.25, 0.3) is 5.91 Å². The van der Waals surface area contributed by atoms with Crippen LogP contribution in [0.3, 0.4) is 0 Å². The molecule has 8 heteroatoms. The predicted molar refractivity (Wildman–Crippen MR) is 93.2 cm³/mol. The molecule has 0 saturated carbocycles. The standard InChI is InChI=1S/C17H20N2O5S/c1-19(11-12-6-4-5-7-15(12)23-2)17(20)14-10-13(25(18,21)22)8-9-16(14)24-3/h4-10H,11H2,1-3H3,(H2,18,21,22). The van der Waals surface area contributed by atoms with Gasteiger partial charge in [0, 0.05) is 19.2 Å². The SMILES string of the molecule is COc1ccccc1CN(C)C(=O)c1cc(S(N)(=O)=O)ccc1OC. The number of para-hydroxylation sites is 1. The molecule has 0 radical (unpaired) electrons. The maximum Gasteiger partial charge on any atom is 0.257 e. The van der Waals surface area contributed by atoms with Crippen molar-refractivity contribution in [2.75, 3.05) is 21.3 Å². The van der Waals surface area contributed by atoms with E-state index < -0.39 is 15.9 Å². The summed E-state index contributed by atoms with van der Waals surface area (Å²) in [6.45, 7) is 0.283. The quantitative estimate of drug-likeness (QED) is 0.840. The molecule has 2 N–H and O–H groups in total. The highest BCUT2D eigenvalue weighted by Crippen LogP contribution is 2.25. The molecule has 0 aliphatic carbocycles. The minimum Gasteiger partial charge on any atom is -0.496 e. The number of rotatable bonds is 6. The topological polar surface area (TPSA) is 98.9 Å². The zero-order valence-corrected chi connectivity index (χ0v) is 15.0. The molecule has 25 heavy (non-hydrogen) atoms. The normalized spacial score (nSPS) is 11.0. The number of nitrogens with two attached hydrogens (primary N) is 1. The van der Waals surface area contributed by atoms with Gasteiger partial charge in [-0.05, 0) is 24.3 Å². The zero-order chi connectivity index (χ0) is 18.6. The Labute approximate surface area is 147 Å². The van der Waals surface area contributed by atoms with Crippen LogP contribution in [-0.2, 0) is 16.6 Å². The van der Waals surface area contributed by atoms with E-state index in [-0.39, 0.29) is 22.8 Å². The van der Waals surface area contributed by atoms with Gasteiger partial charge in [0.2, 0.25) is 10.0 Å². The number of methoxy groups -OCH3 is 2. The zero-order valence-electron chi connectivity index (χ0n) is 14.2. The largest absolute Gasteiger partial charge is 0.496 e. The van der Waals surface area contributed by atoms with Gasteiger partial charge < -0.3 is 14.4 Å². The second-order valence-corrected chi connectivity index (χ2v) is 6.94. The lowest BCUT2D eigenvalue weighted by atomic mass is 10.1. The highest BCUT2D eigenvalue weighted by Gasteiger charge is 2.21. The van der Waals surface area contributed by atoms with Crippen molar-refractivity contribution in [1.29, 1.82) is 0 Å². The van der Waals surface area contributed by atoms with E-state index in [2.05, 4.69) is 0 Å². The minimum atomic E-state index is -3.93. The first-order valence-corrected chi connectivity index (χ1v) is 8.90. The first-order chi connectivity index (χ1) is 11.8. The number of ether oxygens (including phenoxy) is 2. The number of nitrogens with zero attached hydrogens (tertiary/aromatic N) is 1. The summed E-state index contributed by atoms with van der Waals surface area (Å²) in [5.41, 5.74) is 0.939. The van der Waals surface area contributed by atoms with Gasteiger partial charge in [0.1, 0.15) is 11.5 Å². The third-order valence-corrected chi connectivity index (χ3v) is 4.59. The molecular weight excluding hydrogens is 344 g/mol. The number of carbonyl (C=O) groups excluding carboxylic acids is 1. The Morgan fingerprint density at radius 1 is 1.08 bits per heavy atom. The fourth-order valence-electron chi connectivity index (χ4n) is 2.40. The molecule has 0 aliphatic heterocycles. The highest BCUT2D eigenvalue weighted by atomic mass is 32.2. The predicted octanol–water partition coefficient (Wildman–Crippen LogP) is 1.62. The van der Waals surface area contributed by atoms with Crippen molar-refractivity contribution in [3.8, 4) is 11.5 Å². The van der Waals surface area contributed by atoms with Gasteiger partial charge >= 0.3 is 0 Å². The van der Waals surface area contributed by atoms with Gasteiger partial charge in [-0.25, -0.2) is 13.6 Å². The first-order valence-electron chi connectivity index (χ1n) is 7.36. The molecule has 0 bridgehead atoms. The van der Waals surface area contributed by atoms with Crippen molar-refractivity contribution in [3.05, 3.63) is 53.6 Å². The van der Waals surface area contributed by atoms with Gasteiger partial charge in [0.05, 0.1) is 24.7 Å². The van der Waals surface area contributed by atoms with E-state index in [9.17, 15) is 13.2 Å². The van der Waals surface area contributed by atoms with Crippen molar-refractivity contribution in [1.82, 2.24) is 4.90 Å². The average Bonchev–Trinajstić information content (AvgIpc) is 2.60. The van der Waals surface area contributed by atoms with Crippen LogP contribution in [0.1, 0.15) is 15.9 Å². The summed E-state index contributed by atoms with van der Waals surface area (Å²) >= 11 is 0. The van der Waals surface area contributed by atoms with Gasteiger partial charge in [-0.2, -0.15) is 0 Å². The van der Waals surface area contributed by atoms with Crippen LogP contribution in [0, 0.1) is 0 Å². The Balaban J connectivity index is 2.35. The fourth-order valence-corrected chi connectivity index (χ4v) is 2.94. The summed E-state index contributed by atoms with van der Waals surface area (Å²) in [4.78, 5) is 14.1. The van der Waals surface area contributed by atoms with E-state index in [1.807, 2.05) is 18.2 Å².